The number of benzene rings is 2. The number of thiophene rings is 1. The monoisotopic (exact) mass is 410 g/mol. The molecule has 2 aromatic carbocycles. The lowest BCUT2D eigenvalue weighted by molar-refractivity contribution is 0.102. The molecule has 1 amide bonds. The summed E-state index contributed by atoms with van der Waals surface area (Å²) in [5.74, 6) is 0.436. The molecule has 3 aromatic heterocycles. The van der Waals surface area contributed by atoms with Crippen LogP contribution in [-0.4, -0.2) is 20.7 Å². The van der Waals surface area contributed by atoms with Crippen molar-refractivity contribution in [2.45, 2.75) is 6.92 Å². The Bertz CT molecular complexity index is 1340. The number of carbonyl (C=O) groups excluding carboxylic acids is 1. The summed E-state index contributed by atoms with van der Waals surface area (Å²) in [6, 6.07) is 25.2. The van der Waals surface area contributed by atoms with E-state index >= 15 is 0 Å². The Labute approximate surface area is 177 Å². The first kappa shape index (κ1) is 18.3. The van der Waals surface area contributed by atoms with Gasteiger partial charge in [0.2, 0.25) is 0 Å². The summed E-state index contributed by atoms with van der Waals surface area (Å²) in [6.07, 6.45) is 0. The maximum absolute atomic E-state index is 13.4. The fourth-order valence-corrected chi connectivity index (χ4v) is 4.14. The molecule has 0 fully saturated rings. The molecule has 0 saturated heterocycles. The van der Waals surface area contributed by atoms with Crippen molar-refractivity contribution in [2.75, 3.05) is 5.32 Å². The van der Waals surface area contributed by atoms with Crippen LogP contribution in [0.15, 0.2) is 84.2 Å². The molecule has 5 nitrogen and oxygen atoms in total. The van der Waals surface area contributed by atoms with Crippen molar-refractivity contribution in [1.29, 1.82) is 0 Å². The molecule has 6 heteroatoms. The highest BCUT2D eigenvalue weighted by Gasteiger charge is 2.17. The number of para-hydroxylation sites is 2. The van der Waals surface area contributed by atoms with Gasteiger partial charge in [-0.2, -0.15) is 5.10 Å². The number of amides is 1. The third-order valence-corrected chi connectivity index (χ3v) is 5.70. The molecule has 5 aromatic rings. The number of carbonyl (C=O) groups is 1. The highest BCUT2D eigenvalue weighted by Crippen LogP contribution is 2.28. The Morgan fingerprint density at radius 1 is 0.967 bits per heavy atom. The zero-order valence-electron chi connectivity index (χ0n) is 16.2. The standard InChI is InChI=1S/C24H18N4OS/c1-16-14-23(28(27-16)17-8-3-2-4-9-17)26-24(29)19-15-21(22-12-7-13-30-22)25-20-11-6-5-10-18(19)20/h2-15H,1H3,(H,26,29). The fraction of sp³-hybridized carbons (Fsp3) is 0.0417. The summed E-state index contributed by atoms with van der Waals surface area (Å²) in [4.78, 5) is 19.1. The molecule has 0 unspecified atom stereocenters. The Kier molecular flexibility index (Phi) is 4.61. The number of rotatable bonds is 4. The molecule has 0 spiro atoms. The third kappa shape index (κ3) is 3.38. The topological polar surface area (TPSA) is 59.8 Å². The largest absolute Gasteiger partial charge is 0.306 e. The van der Waals surface area contributed by atoms with E-state index in [4.69, 9.17) is 4.98 Å². The van der Waals surface area contributed by atoms with E-state index in [0.29, 0.717) is 11.4 Å². The van der Waals surface area contributed by atoms with Gasteiger partial charge in [-0.1, -0.05) is 42.5 Å². The maximum Gasteiger partial charge on any atom is 0.257 e. The van der Waals surface area contributed by atoms with Gasteiger partial charge in [0.1, 0.15) is 5.82 Å². The minimum atomic E-state index is -0.191. The quantitative estimate of drug-likeness (QED) is 0.413. The van der Waals surface area contributed by atoms with Crippen LogP contribution in [0, 0.1) is 6.92 Å². The van der Waals surface area contributed by atoms with Crippen LogP contribution < -0.4 is 5.32 Å². The summed E-state index contributed by atoms with van der Waals surface area (Å²) in [6.45, 7) is 1.91. The predicted molar refractivity (Wildman–Crippen MR) is 121 cm³/mol. The van der Waals surface area contributed by atoms with Crippen LogP contribution in [0.5, 0.6) is 0 Å². The van der Waals surface area contributed by atoms with Crippen molar-refractivity contribution in [2.24, 2.45) is 0 Å². The lowest BCUT2D eigenvalue weighted by atomic mass is 10.1. The van der Waals surface area contributed by atoms with Gasteiger partial charge in [-0.3, -0.25) is 4.79 Å². The zero-order valence-corrected chi connectivity index (χ0v) is 17.1. The van der Waals surface area contributed by atoms with Crippen LogP contribution in [-0.2, 0) is 0 Å². The van der Waals surface area contributed by atoms with Gasteiger partial charge in [-0.25, -0.2) is 9.67 Å². The summed E-state index contributed by atoms with van der Waals surface area (Å²) in [5, 5.41) is 10.4. The van der Waals surface area contributed by atoms with Gasteiger partial charge < -0.3 is 5.32 Å². The predicted octanol–water partition coefficient (Wildman–Crippen LogP) is 5.71. The molecule has 146 valence electrons. The minimum absolute atomic E-state index is 0.191. The molecule has 0 saturated carbocycles. The van der Waals surface area contributed by atoms with E-state index in [0.717, 1.165) is 32.9 Å². The van der Waals surface area contributed by atoms with Crippen LogP contribution >= 0.6 is 11.3 Å². The summed E-state index contributed by atoms with van der Waals surface area (Å²) in [7, 11) is 0. The lowest BCUT2D eigenvalue weighted by Crippen LogP contribution is -2.16. The van der Waals surface area contributed by atoms with Gasteiger partial charge in [0.05, 0.1) is 33.0 Å². The molecule has 0 bridgehead atoms. The van der Waals surface area contributed by atoms with Crippen LogP contribution in [0.25, 0.3) is 27.2 Å². The smallest absolute Gasteiger partial charge is 0.257 e. The van der Waals surface area contributed by atoms with Crippen molar-refractivity contribution in [1.82, 2.24) is 14.8 Å². The molecular weight excluding hydrogens is 392 g/mol. The summed E-state index contributed by atoms with van der Waals surface area (Å²) < 4.78 is 1.75. The number of fused-ring (bicyclic) bond motifs is 1. The fourth-order valence-electron chi connectivity index (χ4n) is 3.45. The Morgan fingerprint density at radius 2 is 1.77 bits per heavy atom. The Balaban J connectivity index is 1.58. The van der Waals surface area contributed by atoms with Gasteiger partial charge in [-0.15, -0.1) is 11.3 Å². The first-order valence-corrected chi connectivity index (χ1v) is 10.4. The number of hydrogen-bond acceptors (Lipinski definition) is 4. The summed E-state index contributed by atoms with van der Waals surface area (Å²) >= 11 is 1.60. The lowest BCUT2D eigenvalue weighted by Gasteiger charge is -2.11. The van der Waals surface area contributed by atoms with Crippen molar-refractivity contribution in [3.05, 3.63) is 95.5 Å². The van der Waals surface area contributed by atoms with Crippen LogP contribution in [0.2, 0.25) is 0 Å². The average molecular weight is 411 g/mol. The van der Waals surface area contributed by atoms with Crippen LogP contribution in [0.1, 0.15) is 16.1 Å². The number of hydrogen-bond donors (Lipinski definition) is 1. The number of anilines is 1. The third-order valence-electron chi connectivity index (χ3n) is 4.81. The SMILES string of the molecule is Cc1cc(NC(=O)c2cc(-c3cccs3)nc3ccccc23)n(-c2ccccc2)n1. The highest BCUT2D eigenvalue weighted by atomic mass is 32.1. The highest BCUT2D eigenvalue weighted by molar-refractivity contribution is 7.13. The van der Waals surface area contributed by atoms with E-state index in [1.165, 1.54) is 0 Å². The van der Waals surface area contributed by atoms with Gasteiger partial charge in [0, 0.05) is 11.5 Å². The molecule has 0 atom stereocenters. The molecule has 30 heavy (non-hydrogen) atoms. The first-order chi connectivity index (χ1) is 14.7. The van der Waals surface area contributed by atoms with Crippen molar-refractivity contribution in [3.63, 3.8) is 0 Å². The first-order valence-electron chi connectivity index (χ1n) is 9.56. The molecule has 3 heterocycles. The van der Waals surface area contributed by atoms with Crippen LogP contribution in [0.4, 0.5) is 5.82 Å². The van der Waals surface area contributed by atoms with Gasteiger partial charge in [0.15, 0.2) is 0 Å². The molecule has 1 N–H and O–H groups in total. The normalized spacial score (nSPS) is 11.0. The maximum atomic E-state index is 13.4. The van der Waals surface area contributed by atoms with Gasteiger partial charge in [0.25, 0.3) is 5.91 Å². The van der Waals surface area contributed by atoms with Gasteiger partial charge >= 0.3 is 0 Å². The van der Waals surface area contributed by atoms with E-state index in [2.05, 4.69) is 10.4 Å². The number of aromatic nitrogens is 3. The van der Waals surface area contributed by atoms with Crippen molar-refractivity contribution < 1.29 is 4.79 Å². The Hall–Kier alpha value is -3.77. The van der Waals surface area contributed by atoms with E-state index in [1.54, 1.807) is 16.0 Å². The van der Waals surface area contributed by atoms with E-state index in [-0.39, 0.29) is 5.91 Å². The zero-order chi connectivity index (χ0) is 20.5. The van der Waals surface area contributed by atoms with E-state index in [9.17, 15) is 4.79 Å². The number of pyridine rings is 1. The van der Waals surface area contributed by atoms with E-state index < -0.39 is 0 Å². The van der Waals surface area contributed by atoms with E-state index in [1.807, 2.05) is 91.2 Å². The second-order valence-electron chi connectivity index (χ2n) is 6.92. The van der Waals surface area contributed by atoms with Crippen molar-refractivity contribution in [3.8, 4) is 16.3 Å². The molecule has 0 aliphatic heterocycles. The van der Waals surface area contributed by atoms with Crippen molar-refractivity contribution >= 4 is 34.0 Å². The molecule has 0 aliphatic carbocycles. The number of aryl methyl sites for hydroxylation is 1. The number of nitrogens with zero attached hydrogens (tertiary/aromatic N) is 3. The second-order valence-corrected chi connectivity index (χ2v) is 7.87. The molecule has 0 aliphatic rings. The summed E-state index contributed by atoms with van der Waals surface area (Å²) in [5.41, 5.74) is 3.89. The van der Waals surface area contributed by atoms with Crippen LogP contribution in [0.3, 0.4) is 0 Å². The second kappa shape index (κ2) is 7.57. The molecular formula is C24H18N4OS. The average Bonchev–Trinajstić information content (AvgIpc) is 3.43. The molecule has 5 rings (SSSR count). The van der Waals surface area contributed by atoms with Gasteiger partial charge in [-0.05, 0) is 42.6 Å². The number of nitrogens with one attached hydrogen (secondary N) is 1. The minimum Gasteiger partial charge on any atom is -0.306 e. The Morgan fingerprint density at radius 3 is 2.57 bits per heavy atom. The molecule has 0 radical (unpaired) electrons.